The molecule has 0 atom stereocenters. The minimum Gasteiger partial charge on any atom is -0.275 e. The van der Waals surface area contributed by atoms with E-state index in [1.807, 2.05) is 6.07 Å². The third-order valence-electron chi connectivity index (χ3n) is 1.70. The smallest absolute Gasteiger partial charge is 0.256 e. The minimum absolute atomic E-state index is 0.419. The molecule has 5 heteroatoms. The van der Waals surface area contributed by atoms with Gasteiger partial charge in [-0.2, -0.15) is 5.10 Å². The van der Waals surface area contributed by atoms with Crippen LogP contribution in [-0.4, -0.2) is 14.9 Å². The third kappa shape index (κ3) is 1.47. The summed E-state index contributed by atoms with van der Waals surface area (Å²) in [5.41, 5.74) is 1.12. The molecule has 0 aliphatic carbocycles. The van der Waals surface area contributed by atoms with Crippen molar-refractivity contribution < 1.29 is 4.79 Å². The Morgan fingerprint density at radius 1 is 1.62 bits per heavy atom. The first-order valence-electron chi connectivity index (χ1n) is 3.51. The van der Waals surface area contributed by atoms with E-state index in [9.17, 15) is 4.79 Å². The van der Waals surface area contributed by atoms with E-state index in [0.717, 1.165) is 4.47 Å². The molecule has 0 aromatic carbocycles. The van der Waals surface area contributed by atoms with E-state index in [4.69, 9.17) is 11.6 Å². The lowest BCUT2D eigenvalue weighted by atomic mass is 10.3. The van der Waals surface area contributed by atoms with Gasteiger partial charge >= 0.3 is 0 Å². The molecule has 2 aromatic heterocycles. The molecule has 0 aliphatic rings. The van der Waals surface area contributed by atoms with Crippen LogP contribution in [0.15, 0.2) is 29.0 Å². The van der Waals surface area contributed by atoms with Gasteiger partial charge in [-0.25, -0.2) is 4.52 Å². The fourth-order valence-electron chi connectivity index (χ4n) is 1.11. The van der Waals surface area contributed by atoms with Gasteiger partial charge in [0.1, 0.15) is 0 Å². The second-order valence-electron chi connectivity index (χ2n) is 2.51. The summed E-state index contributed by atoms with van der Waals surface area (Å²) >= 11 is 8.67. The van der Waals surface area contributed by atoms with Gasteiger partial charge < -0.3 is 0 Å². The largest absolute Gasteiger partial charge is 0.275 e. The van der Waals surface area contributed by atoms with Crippen molar-refractivity contribution in [2.24, 2.45) is 0 Å². The number of fused-ring (bicyclic) bond motifs is 1. The monoisotopic (exact) mass is 258 g/mol. The van der Waals surface area contributed by atoms with Crippen LogP contribution in [0.2, 0.25) is 0 Å². The number of rotatable bonds is 1. The second kappa shape index (κ2) is 3.12. The highest BCUT2D eigenvalue weighted by atomic mass is 79.9. The SMILES string of the molecule is O=C(Cl)c1cnn2ccc(Br)cc12. The van der Waals surface area contributed by atoms with Crippen LogP contribution in [0.4, 0.5) is 0 Å². The van der Waals surface area contributed by atoms with Crippen molar-refractivity contribution in [2.45, 2.75) is 0 Å². The zero-order valence-corrected chi connectivity index (χ0v) is 8.71. The number of carbonyl (C=O) groups excluding carboxylic acids is 1. The Labute approximate surface area is 87.4 Å². The molecule has 0 spiro atoms. The number of nitrogens with zero attached hydrogens (tertiary/aromatic N) is 2. The second-order valence-corrected chi connectivity index (χ2v) is 3.77. The molecular formula is C8H4BrClN2O. The van der Waals surface area contributed by atoms with E-state index < -0.39 is 5.24 Å². The quantitative estimate of drug-likeness (QED) is 0.737. The zero-order valence-electron chi connectivity index (χ0n) is 6.37. The maximum atomic E-state index is 10.9. The zero-order chi connectivity index (χ0) is 9.42. The van der Waals surface area contributed by atoms with Gasteiger partial charge in [-0.05, 0) is 23.7 Å². The molecule has 0 fully saturated rings. The highest BCUT2D eigenvalue weighted by molar-refractivity contribution is 9.10. The summed E-state index contributed by atoms with van der Waals surface area (Å²) in [6, 6.07) is 3.63. The molecule has 2 aromatic rings. The van der Waals surface area contributed by atoms with Gasteiger partial charge in [0.05, 0.1) is 17.3 Å². The number of hydrogen-bond acceptors (Lipinski definition) is 2. The molecule has 0 N–H and O–H groups in total. The molecule has 0 unspecified atom stereocenters. The average molecular weight is 259 g/mol. The van der Waals surface area contributed by atoms with E-state index in [1.165, 1.54) is 6.20 Å². The van der Waals surface area contributed by atoms with E-state index in [2.05, 4.69) is 21.0 Å². The van der Waals surface area contributed by atoms with Gasteiger partial charge in [0, 0.05) is 10.7 Å². The van der Waals surface area contributed by atoms with Crippen LogP contribution in [0.3, 0.4) is 0 Å². The third-order valence-corrected chi connectivity index (χ3v) is 2.39. The van der Waals surface area contributed by atoms with Crippen LogP contribution in [0.5, 0.6) is 0 Å². The van der Waals surface area contributed by atoms with Crippen molar-refractivity contribution in [3.05, 3.63) is 34.6 Å². The summed E-state index contributed by atoms with van der Waals surface area (Å²) in [4.78, 5) is 10.9. The molecule has 3 nitrogen and oxygen atoms in total. The Morgan fingerprint density at radius 2 is 2.38 bits per heavy atom. The maximum Gasteiger partial charge on any atom is 0.256 e. The van der Waals surface area contributed by atoms with Gasteiger partial charge in [0.25, 0.3) is 5.24 Å². The lowest BCUT2D eigenvalue weighted by Crippen LogP contribution is -1.88. The first-order valence-corrected chi connectivity index (χ1v) is 4.68. The van der Waals surface area contributed by atoms with Crippen LogP contribution in [0, 0.1) is 0 Å². The van der Waals surface area contributed by atoms with Crippen molar-refractivity contribution >= 4 is 38.3 Å². The average Bonchev–Trinajstić information content (AvgIpc) is 2.46. The molecule has 0 amide bonds. The first kappa shape index (κ1) is 8.72. The van der Waals surface area contributed by atoms with Crippen molar-refractivity contribution in [1.82, 2.24) is 9.61 Å². The van der Waals surface area contributed by atoms with Gasteiger partial charge in [0.15, 0.2) is 0 Å². The normalized spacial score (nSPS) is 10.6. The summed E-state index contributed by atoms with van der Waals surface area (Å²) in [5.74, 6) is 0. The van der Waals surface area contributed by atoms with Crippen LogP contribution in [-0.2, 0) is 0 Å². The van der Waals surface area contributed by atoms with Gasteiger partial charge in [-0.15, -0.1) is 0 Å². The lowest BCUT2D eigenvalue weighted by Gasteiger charge is -1.94. The summed E-state index contributed by atoms with van der Waals surface area (Å²) in [5, 5.41) is 3.48. The van der Waals surface area contributed by atoms with Crippen LogP contribution >= 0.6 is 27.5 Å². The van der Waals surface area contributed by atoms with E-state index in [0.29, 0.717) is 11.1 Å². The summed E-state index contributed by atoms with van der Waals surface area (Å²) in [7, 11) is 0. The number of carbonyl (C=O) groups is 1. The number of aromatic nitrogens is 2. The standard InChI is InChI=1S/C8H4BrClN2O/c9-5-1-2-12-7(3-5)6(4-11-12)8(10)13/h1-4H. The molecule has 2 heterocycles. The number of pyridine rings is 1. The van der Waals surface area contributed by atoms with Gasteiger partial charge in [-0.3, -0.25) is 4.79 Å². The minimum atomic E-state index is -0.492. The fourth-order valence-corrected chi connectivity index (χ4v) is 1.59. The molecule has 66 valence electrons. The fraction of sp³-hybridized carbons (Fsp3) is 0. The summed E-state index contributed by atoms with van der Waals surface area (Å²) in [6.45, 7) is 0. The molecule has 2 rings (SSSR count). The molecule has 13 heavy (non-hydrogen) atoms. The Hall–Kier alpha value is -0.870. The van der Waals surface area contributed by atoms with Crippen LogP contribution in [0.1, 0.15) is 10.4 Å². The predicted octanol–water partition coefficient (Wildman–Crippen LogP) is 2.48. The molecule has 0 radical (unpaired) electrons. The molecule has 0 saturated heterocycles. The van der Waals surface area contributed by atoms with Crippen molar-refractivity contribution in [3.8, 4) is 0 Å². The molecule has 0 saturated carbocycles. The first-order chi connectivity index (χ1) is 6.18. The summed E-state index contributed by atoms with van der Waals surface area (Å²) in [6.07, 6.45) is 3.21. The summed E-state index contributed by atoms with van der Waals surface area (Å²) < 4.78 is 2.49. The number of hydrogen-bond donors (Lipinski definition) is 0. The maximum absolute atomic E-state index is 10.9. The highest BCUT2D eigenvalue weighted by Gasteiger charge is 2.09. The highest BCUT2D eigenvalue weighted by Crippen LogP contribution is 2.17. The Bertz CT molecular complexity index is 480. The molecule has 0 aliphatic heterocycles. The van der Waals surface area contributed by atoms with Gasteiger partial charge in [0.2, 0.25) is 0 Å². The van der Waals surface area contributed by atoms with Crippen molar-refractivity contribution in [3.63, 3.8) is 0 Å². The number of halogens is 2. The van der Waals surface area contributed by atoms with Crippen molar-refractivity contribution in [1.29, 1.82) is 0 Å². The van der Waals surface area contributed by atoms with Crippen LogP contribution in [0.25, 0.3) is 5.52 Å². The topological polar surface area (TPSA) is 34.4 Å². The lowest BCUT2D eigenvalue weighted by molar-refractivity contribution is 0.108. The van der Waals surface area contributed by atoms with Gasteiger partial charge in [-0.1, -0.05) is 15.9 Å². The molecule has 0 bridgehead atoms. The van der Waals surface area contributed by atoms with Crippen LogP contribution < -0.4 is 0 Å². The van der Waals surface area contributed by atoms with E-state index in [1.54, 1.807) is 16.8 Å². The van der Waals surface area contributed by atoms with E-state index in [-0.39, 0.29) is 0 Å². The Balaban J connectivity index is 2.79. The Kier molecular flexibility index (Phi) is 2.09. The van der Waals surface area contributed by atoms with E-state index >= 15 is 0 Å². The Morgan fingerprint density at radius 3 is 3.08 bits per heavy atom. The predicted molar refractivity (Wildman–Crippen MR) is 53.1 cm³/mol. The van der Waals surface area contributed by atoms with Crippen molar-refractivity contribution in [2.75, 3.05) is 0 Å². The molecular weight excluding hydrogens is 255 g/mol.